The summed E-state index contributed by atoms with van der Waals surface area (Å²) in [7, 11) is 0. The van der Waals surface area contributed by atoms with Crippen molar-refractivity contribution in [2.45, 2.75) is 6.92 Å². The van der Waals surface area contributed by atoms with Gasteiger partial charge < -0.3 is 4.74 Å². The summed E-state index contributed by atoms with van der Waals surface area (Å²) in [6.45, 7) is 2.07. The van der Waals surface area contributed by atoms with E-state index >= 15 is 0 Å². The standard InChI is InChI=1S/C10H8BrClN2O2/c1-2-16-10(15)9-7-5(11)3-4-6(12)8(7)13-14-9/h3-4H,2H2,1H3,(H,13,14). The first-order valence-corrected chi connectivity index (χ1v) is 5.81. The van der Waals surface area contributed by atoms with Gasteiger partial charge in [-0.3, -0.25) is 5.10 Å². The van der Waals surface area contributed by atoms with Crippen molar-refractivity contribution in [3.8, 4) is 0 Å². The molecule has 0 aliphatic heterocycles. The number of benzene rings is 1. The van der Waals surface area contributed by atoms with Crippen LogP contribution in [0.5, 0.6) is 0 Å². The minimum atomic E-state index is -0.437. The Labute approximate surface area is 105 Å². The second-order valence-corrected chi connectivity index (χ2v) is 4.33. The number of aromatic nitrogens is 2. The fourth-order valence-electron chi connectivity index (χ4n) is 1.41. The van der Waals surface area contributed by atoms with Gasteiger partial charge in [-0.15, -0.1) is 0 Å². The molecule has 1 aromatic heterocycles. The Morgan fingerprint density at radius 2 is 2.38 bits per heavy atom. The zero-order chi connectivity index (χ0) is 11.7. The van der Waals surface area contributed by atoms with Gasteiger partial charge in [-0.1, -0.05) is 27.5 Å². The first kappa shape index (κ1) is 11.4. The minimum Gasteiger partial charge on any atom is -0.461 e. The number of hydrogen-bond donors (Lipinski definition) is 1. The molecular formula is C10H8BrClN2O2. The van der Waals surface area contributed by atoms with E-state index in [1.165, 1.54) is 0 Å². The Bertz CT molecular complexity index is 553. The summed E-state index contributed by atoms with van der Waals surface area (Å²) in [6, 6.07) is 3.48. The summed E-state index contributed by atoms with van der Waals surface area (Å²) < 4.78 is 5.67. The van der Waals surface area contributed by atoms with Crippen LogP contribution in [0.2, 0.25) is 5.02 Å². The fourth-order valence-corrected chi connectivity index (χ4v) is 2.12. The topological polar surface area (TPSA) is 55.0 Å². The molecule has 1 aromatic carbocycles. The molecule has 0 spiro atoms. The first-order valence-electron chi connectivity index (χ1n) is 4.64. The van der Waals surface area contributed by atoms with Gasteiger partial charge in [-0.2, -0.15) is 5.10 Å². The van der Waals surface area contributed by atoms with Crippen LogP contribution < -0.4 is 0 Å². The molecule has 84 valence electrons. The van der Waals surface area contributed by atoms with E-state index in [1.807, 2.05) is 0 Å². The molecule has 0 amide bonds. The van der Waals surface area contributed by atoms with Crippen molar-refractivity contribution in [3.05, 3.63) is 27.3 Å². The summed E-state index contributed by atoms with van der Waals surface area (Å²) in [6.07, 6.45) is 0. The lowest BCUT2D eigenvalue weighted by atomic mass is 10.2. The van der Waals surface area contributed by atoms with Crippen molar-refractivity contribution in [1.29, 1.82) is 0 Å². The molecule has 6 heteroatoms. The molecule has 2 rings (SSSR count). The molecule has 0 radical (unpaired) electrons. The Balaban J connectivity index is 2.64. The highest BCUT2D eigenvalue weighted by Gasteiger charge is 2.18. The number of nitrogens with zero attached hydrogens (tertiary/aromatic N) is 1. The van der Waals surface area contributed by atoms with Gasteiger partial charge in [0, 0.05) is 4.47 Å². The van der Waals surface area contributed by atoms with Gasteiger partial charge in [-0.05, 0) is 19.1 Å². The highest BCUT2D eigenvalue weighted by Crippen LogP contribution is 2.31. The van der Waals surface area contributed by atoms with Gasteiger partial charge in [0.15, 0.2) is 5.69 Å². The quantitative estimate of drug-likeness (QED) is 0.867. The number of nitrogens with one attached hydrogen (secondary N) is 1. The Morgan fingerprint density at radius 3 is 3.06 bits per heavy atom. The number of hydrogen-bond acceptors (Lipinski definition) is 3. The zero-order valence-corrected chi connectivity index (χ0v) is 10.7. The predicted molar refractivity (Wildman–Crippen MR) is 64.8 cm³/mol. The lowest BCUT2D eigenvalue weighted by Gasteiger charge is -2.00. The van der Waals surface area contributed by atoms with E-state index in [2.05, 4.69) is 26.1 Å². The SMILES string of the molecule is CCOC(=O)c1[nH]nc2c(Cl)ccc(Br)c12. The number of aromatic amines is 1. The van der Waals surface area contributed by atoms with E-state index in [4.69, 9.17) is 16.3 Å². The number of ether oxygens (including phenoxy) is 1. The van der Waals surface area contributed by atoms with E-state index in [0.29, 0.717) is 28.2 Å². The highest BCUT2D eigenvalue weighted by molar-refractivity contribution is 9.10. The smallest absolute Gasteiger partial charge is 0.357 e. The van der Waals surface area contributed by atoms with E-state index in [1.54, 1.807) is 19.1 Å². The van der Waals surface area contributed by atoms with Crippen LogP contribution in [0.25, 0.3) is 10.9 Å². The van der Waals surface area contributed by atoms with Crippen LogP contribution in [-0.4, -0.2) is 22.8 Å². The van der Waals surface area contributed by atoms with Gasteiger partial charge in [-0.25, -0.2) is 4.79 Å². The highest BCUT2D eigenvalue weighted by atomic mass is 79.9. The van der Waals surface area contributed by atoms with Gasteiger partial charge in [0.25, 0.3) is 0 Å². The normalized spacial score (nSPS) is 10.7. The summed E-state index contributed by atoms with van der Waals surface area (Å²) in [5.74, 6) is -0.437. The summed E-state index contributed by atoms with van der Waals surface area (Å²) in [4.78, 5) is 11.6. The maximum absolute atomic E-state index is 11.6. The fraction of sp³-hybridized carbons (Fsp3) is 0.200. The van der Waals surface area contributed by atoms with Crippen LogP contribution in [-0.2, 0) is 4.74 Å². The van der Waals surface area contributed by atoms with E-state index in [9.17, 15) is 4.79 Å². The van der Waals surface area contributed by atoms with Crippen molar-refractivity contribution < 1.29 is 9.53 Å². The maximum Gasteiger partial charge on any atom is 0.357 e. The second-order valence-electron chi connectivity index (χ2n) is 3.07. The summed E-state index contributed by atoms with van der Waals surface area (Å²) >= 11 is 9.32. The molecule has 1 heterocycles. The third kappa shape index (κ3) is 1.81. The molecule has 0 aliphatic rings. The van der Waals surface area contributed by atoms with E-state index in [-0.39, 0.29) is 0 Å². The Kier molecular flexibility index (Phi) is 3.16. The number of carbonyl (C=O) groups excluding carboxylic acids is 1. The molecule has 0 aliphatic carbocycles. The lowest BCUT2D eigenvalue weighted by molar-refractivity contribution is 0.0521. The molecule has 2 aromatic rings. The van der Waals surface area contributed by atoms with Crippen LogP contribution in [0.4, 0.5) is 0 Å². The number of halogens is 2. The van der Waals surface area contributed by atoms with Gasteiger partial charge in [0.1, 0.15) is 5.52 Å². The van der Waals surface area contributed by atoms with Crippen molar-refractivity contribution in [3.63, 3.8) is 0 Å². The molecule has 0 bridgehead atoms. The van der Waals surface area contributed by atoms with Crippen molar-refractivity contribution in [2.24, 2.45) is 0 Å². The average Bonchev–Trinajstić information content (AvgIpc) is 2.69. The first-order chi connectivity index (χ1) is 7.65. The Hall–Kier alpha value is -1.07. The molecular weight excluding hydrogens is 295 g/mol. The summed E-state index contributed by atoms with van der Waals surface area (Å²) in [5, 5.41) is 7.77. The number of rotatable bonds is 2. The minimum absolute atomic E-state index is 0.311. The van der Waals surface area contributed by atoms with E-state index in [0.717, 1.165) is 4.47 Å². The van der Waals surface area contributed by atoms with Gasteiger partial charge in [0.2, 0.25) is 0 Å². The molecule has 0 atom stereocenters. The van der Waals surface area contributed by atoms with Crippen molar-refractivity contribution in [1.82, 2.24) is 10.2 Å². The maximum atomic E-state index is 11.6. The summed E-state index contributed by atoms with van der Waals surface area (Å²) in [5.41, 5.74) is 0.866. The largest absolute Gasteiger partial charge is 0.461 e. The van der Waals surface area contributed by atoms with Gasteiger partial charge in [0.05, 0.1) is 17.0 Å². The van der Waals surface area contributed by atoms with Crippen molar-refractivity contribution in [2.75, 3.05) is 6.61 Å². The molecule has 0 saturated heterocycles. The number of H-pyrrole nitrogens is 1. The van der Waals surface area contributed by atoms with Crippen LogP contribution in [0.3, 0.4) is 0 Å². The molecule has 1 N–H and O–H groups in total. The molecule has 0 unspecified atom stereocenters. The van der Waals surface area contributed by atoms with Crippen LogP contribution in [0.1, 0.15) is 17.4 Å². The van der Waals surface area contributed by atoms with Crippen LogP contribution >= 0.6 is 27.5 Å². The third-order valence-electron chi connectivity index (χ3n) is 2.09. The van der Waals surface area contributed by atoms with Crippen molar-refractivity contribution >= 4 is 44.4 Å². The van der Waals surface area contributed by atoms with Gasteiger partial charge >= 0.3 is 5.97 Å². The van der Waals surface area contributed by atoms with Crippen LogP contribution in [0.15, 0.2) is 16.6 Å². The molecule has 4 nitrogen and oxygen atoms in total. The van der Waals surface area contributed by atoms with E-state index < -0.39 is 5.97 Å². The number of esters is 1. The predicted octanol–water partition coefficient (Wildman–Crippen LogP) is 3.16. The average molecular weight is 304 g/mol. The molecule has 0 fully saturated rings. The Morgan fingerprint density at radius 1 is 1.62 bits per heavy atom. The monoisotopic (exact) mass is 302 g/mol. The zero-order valence-electron chi connectivity index (χ0n) is 8.38. The molecule has 16 heavy (non-hydrogen) atoms. The number of fused-ring (bicyclic) bond motifs is 1. The number of carbonyl (C=O) groups is 1. The van der Waals surface area contributed by atoms with Crippen LogP contribution in [0, 0.1) is 0 Å². The third-order valence-corrected chi connectivity index (χ3v) is 3.05. The lowest BCUT2D eigenvalue weighted by Crippen LogP contribution is -2.05. The molecule has 0 saturated carbocycles. The second kappa shape index (κ2) is 4.43.